The number of aromatic nitrogens is 2. The Hall–Kier alpha value is -1.13. The third-order valence-corrected chi connectivity index (χ3v) is 5.09. The Labute approximate surface area is 118 Å². The van der Waals surface area contributed by atoms with Crippen molar-refractivity contribution in [2.24, 2.45) is 5.92 Å². The van der Waals surface area contributed by atoms with E-state index in [-0.39, 0.29) is 0 Å². The summed E-state index contributed by atoms with van der Waals surface area (Å²) in [5.74, 6) is 0.858. The van der Waals surface area contributed by atoms with Crippen LogP contribution in [-0.4, -0.2) is 16.2 Å². The molecule has 3 nitrogen and oxygen atoms in total. The highest BCUT2D eigenvalue weighted by Crippen LogP contribution is 2.29. The van der Waals surface area contributed by atoms with Gasteiger partial charge in [0.2, 0.25) is 0 Å². The molecule has 0 saturated heterocycles. The average Bonchev–Trinajstić information content (AvgIpc) is 3.14. The Morgan fingerprint density at radius 2 is 2.32 bits per heavy atom. The fourth-order valence-corrected chi connectivity index (χ4v) is 3.73. The second kappa shape index (κ2) is 5.88. The van der Waals surface area contributed by atoms with E-state index in [1.807, 2.05) is 6.20 Å². The molecule has 2 aromatic rings. The first-order chi connectivity index (χ1) is 9.34. The molecular weight excluding hydrogens is 254 g/mol. The zero-order chi connectivity index (χ0) is 13.1. The molecule has 4 heteroatoms. The highest BCUT2D eigenvalue weighted by atomic mass is 32.1. The summed E-state index contributed by atoms with van der Waals surface area (Å²) >= 11 is 1.76. The summed E-state index contributed by atoms with van der Waals surface area (Å²) in [7, 11) is 0. The summed E-state index contributed by atoms with van der Waals surface area (Å²) in [6.07, 6.45) is 7.53. The Kier molecular flexibility index (Phi) is 3.99. The van der Waals surface area contributed by atoms with Gasteiger partial charge in [-0.25, -0.2) is 0 Å². The number of thiophene rings is 1. The van der Waals surface area contributed by atoms with Gasteiger partial charge in [0.1, 0.15) is 0 Å². The van der Waals surface area contributed by atoms with Crippen LogP contribution in [0.3, 0.4) is 0 Å². The van der Waals surface area contributed by atoms with E-state index in [1.54, 1.807) is 11.3 Å². The molecular formula is C15H21N3S. The third-order valence-electron chi connectivity index (χ3n) is 4.21. The summed E-state index contributed by atoms with van der Waals surface area (Å²) in [6.45, 7) is 3.22. The lowest BCUT2D eigenvalue weighted by Crippen LogP contribution is -2.31. The van der Waals surface area contributed by atoms with Crippen molar-refractivity contribution in [2.75, 3.05) is 0 Å². The number of hydrogen-bond donors (Lipinski definition) is 2. The van der Waals surface area contributed by atoms with E-state index in [9.17, 15) is 0 Å². The normalized spacial score (nSPS) is 17.9. The molecule has 1 fully saturated rings. The molecule has 0 radical (unpaired) electrons. The molecule has 2 aromatic heterocycles. The van der Waals surface area contributed by atoms with Crippen LogP contribution in [0.15, 0.2) is 23.7 Å². The Balaban J connectivity index is 1.62. The SMILES string of the molecule is C[C@@H](NCc1cn[nH]c1-c1cccs1)C1CCCC1. The zero-order valence-electron chi connectivity index (χ0n) is 11.4. The summed E-state index contributed by atoms with van der Waals surface area (Å²) in [5, 5.41) is 13.1. The average molecular weight is 275 g/mol. The van der Waals surface area contributed by atoms with Gasteiger partial charge < -0.3 is 5.32 Å². The van der Waals surface area contributed by atoms with Crippen LogP contribution in [-0.2, 0) is 6.54 Å². The summed E-state index contributed by atoms with van der Waals surface area (Å²) in [5.41, 5.74) is 2.44. The van der Waals surface area contributed by atoms with Gasteiger partial charge in [-0.1, -0.05) is 18.9 Å². The largest absolute Gasteiger partial charge is 0.310 e. The van der Waals surface area contributed by atoms with Crippen LogP contribution < -0.4 is 5.32 Å². The van der Waals surface area contributed by atoms with Gasteiger partial charge in [0.05, 0.1) is 16.8 Å². The Morgan fingerprint density at radius 3 is 3.05 bits per heavy atom. The highest BCUT2D eigenvalue weighted by molar-refractivity contribution is 7.13. The second-order valence-corrected chi connectivity index (χ2v) is 6.41. The van der Waals surface area contributed by atoms with Crippen LogP contribution in [0, 0.1) is 5.92 Å². The lowest BCUT2D eigenvalue weighted by Gasteiger charge is -2.20. The van der Waals surface area contributed by atoms with Crippen LogP contribution in [0.5, 0.6) is 0 Å². The number of hydrogen-bond acceptors (Lipinski definition) is 3. The van der Waals surface area contributed by atoms with Crippen LogP contribution >= 0.6 is 11.3 Å². The molecule has 0 spiro atoms. The van der Waals surface area contributed by atoms with Crippen molar-refractivity contribution in [3.63, 3.8) is 0 Å². The maximum Gasteiger partial charge on any atom is 0.0794 e. The smallest absolute Gasteiger partial charge is 0.0794 e. The molecule has 2 N–H and O–H groups in total. The van der Waals surface area contributed by atoms with E-state index in [2.05, 4.69) is 40.0 Å². The Morgan fingerprint density at radius 1 is 1.47 bits per heavy atom. The van der Waals surface area contributed by atoms with Gasteiger partial charge in [0, 0.05) is 18.2 Å². The molecule has 19 heavy (non-hydrogen) atoms. The zero-order valence-corrected chi connectivity index (χ0v) is 12.2. The highest BCUT2D eigenvalue weighted by Gasteiger charge is 2.21. The fourth-order valence-electron chi connectivity index (χ4n) is 2.97. The molecule has 0 amide bonds. The maximum atomic E-state index is 4.20. The van der Waals surface area contributed by atoms with Crippen molar-refractivity contribution >= 4 is 11.3 Å². The quantitative estimate of drug-likeness (QED) is 0.871. The van der Waals surface area contributed by atoms with Crippen molar-refractivity contribution in [1.29, 1.82) is 0 Å². The molecule has 1 saturated carbocycles. The van der Waals surface area contributed by atoms with E-state index in [4.69, 9.17) is 0 Å². The molecule has 3 rings (SSSR count). The minimum atomic E-state index is 0.605. The van der Waals surface area contributed by atoms with Gasteiger partial charge >= 0.3 is 0 Å². The fraction of sp³-hybridized carbons (Fsp3) is 0.533. The van der Waals surface area contributed by atoms with E-state index in [0.29, 0.717) is 6.04 Å². The monoisotopic (exact) mass is 275 g/mol. The van der Waals surface area contributed by atoms with Crippen molar-refractivity contribution in [3.8, 4) is 10.6 Å². The van der Waals surface area contributed by atoms with Crippen molar-refractivity contribution in [1.82, 2.24) is 15.5 Å². The molecule has 102 valence electrons. The number of aromatic amines is 1. The van der Waals surface area contributed by atoms with Gasteiger partial charge in [-0.05, 0) is 37.1 Å². The minimum absolute atomic E-state index is 0.605. The minimum Gasteiger partial charge on any atom is -0.310 e. The summed E-state index contributed by atoms with van der Waals surface area (Å²) in [4.78, 5) is 1.27. The molecule has 1 atom stereocenters. The standard InChI is InChI=1S/C15H21N3S/c1-11(12-5-2-3-6-12)16-9-13-10-17-18-15(13)14-7-4-8-19-14/h4,7-8,10-12,16H,2-3,5-6,9H2,1H3,(H,17,18)/t11-/m1/s1. The van der Waals surface area contributed by atoms with E-state index in [0.717, 1.165) is 12.5 Å². The predicted octanol–water partition coefficient (Wildman–Crippen LogP) is 3.81. The van der Waals surface area contributed by atoms with Gasteiger partial charge in [-0.3, -0.25) is 5.10 Å². The molecule has 0 unspecified atom stereocenters. The Bertz CT molecular complexity index is 497. The molecule has 0 aliphatic heterocycles. The van der Waals surface area contributed by atoms with E-state index < -0.39 is 0 Å². The molecule has 1 aliphatic carbocycles. The number of H-pyrrole nitrogens is 1. The topological polar surface area (TPSA) is 40.7 Å². The lowest BCUT2D eigenvalue weighted by molar-refractivity contribution is 0.381. The van der Waals surface area contributed by atoms with Gasteiger partial charge in [0.25, 0.3) is 0 Å². The van der Waals surface area contributed by atoms with Crippen molar-refractivity contribution < 1.29 is 0 Å². The first-order valence-corrected chi connectivity index (χ1v) is 8.02. The lowest BCUT2D eigenvalue weighted by atomic mass is 9.99. The van der Waals surface area contributed by atoms with Gasteiger partial charge in [-0.2, -0.15) is 5.10 Å². The van der Waals surface area contributed by atoms with Crippen molar-refractivity contribution in [2.45, 2.75) is 45.2 Å². The van der Waals surface area contributed by atoms with Crippen LogP contribution in [0.4, 0.5) is 0 Å². The first kappa shape index (κ1) is 12.9. The van der Waals surface area contributed by atoms with Crippen LogP contribution in [0.25, 0.3) is 10.6 Å². The maximum absolute atomic E-state index is 4.20. The molecule has 1 aliphatic rings. The van der Waals surface area contributed by atoms with Crippen LogP contribution in [0.1, 0.15) is 38.2 Å². The van der Waals surface area contributed by atoms with E-state index >= 15 is 0 Å². The molecule has 2 heterocycles. The number of nitrogens with one attached hydrogen (secondary N) is 2. The van der Waals surface area contributed by atoms with Gasteiger partial charge in [0.15, 0.2) is 0 Å². The number of rotatable bonds is 5. The second-order valence-electron chi connectivity index (χ2n) is 5.46. The summed E-state index contributed by atoms with van der Waals surface area (Å²) < 4.78 is 0. The molecule has 0 bridgehead atoms. The van der Waals surface area contributed by atoms with Crippen LogP contribution in [0.2, 0.25) is 0 Å². The van der Waals surface area contributed by atoms with Gasteiger partial charge in [-0.15, -0.1) is 11.3 Å². The predicted molar refractivity (Wildman–Crippen MR) is 80.2 cm³/mol. The number of nitrogens with zero attached hydrogens (tertiary/aromatic N) is 1. The first-order valence-electron chi connectivity index (χ1n) is 7.14. The third kappa shape index (κ3) is 2.90. The van der Waals surface area contributed by atoms with Crippen molar-refractivity contribution in [3.05, 3.63) is 29.3 Å². The van der Waals surface area contributed by atoms with E-state index in [1.165, 1.54) is 41.8 Å². The molecule has 0 aromatic carbocycles. The summed E-state index contributed by atoms with van der Waals surface area (Å²) in [6, 6.07) is 4.83.